The molecule has 0 spiro atoms. The Kier molecular flexibility index (Phi) is 13.3. The van der Waals surface area contributed by atoms with Crippen molar-refractivity contribution < 1.29 is 18.1 Å². The van der Waals surface area contributed by atoms with Crippen LogP contribution in [0.25, 0.3) is 0 Å². The molecule has 21 heavy (non-hydrogen) atoms. The molecule has 0 aromatic heterocycles. The quantitative estimate of drug-likeness (QED) is 0.160. The minimum atomic E-state index is -3.53. The SMILES string of the molecule is CCCCOP(=O)(OCCCC)OCC(Cl)CC(Br)(Br)Br. The molecule has 0 aromatic carbocycles. The average Bonchev–Trinajstić information content (AvgIpc) is 2.35. The van der Waals surface area contributed by atoms with Gasteiger partial charge in [0.2, 0.25) is 0 Å². The van der Waals surface area contributed by atoms with E-state index in [4.69, 9.17) is 25.2 Å². The third-order valence-corrected chi connectivity index (χ3v) is 5.08. The highest BCUT2D eigenvalue weighted by molar-refractivity contribution is 9.39. The molecule has 0 aliphatic rings. The van der Waals surface area contributed by atoms with Gasteiger partial charge in [0.25, 0.3) is 0 Å². The van der Waals surface area contributed by atoms with Crippen LogP contribution < -0.4 is 0 Å². The maximum atomic E-state index is 12.5. The maximum Gasteiger partial charge on any atom is 0.474 e. The Hall–Kier alpha value is 1.84. The molecule has 0 fully saturated rings. The van der Waals surface area contributed by atoms with E-state index in [0.29, 0.717) is 19.6 Å². The van der Waals surface area contributed by atoms with Crippen molar-refractivity contribution in [2.45, 2.75) is 53.5 Å². The second kappa shape index (κ2) is 12.2. The van der Waals surface area contributed by atoms with Gasteiger partial charge in [-0.2, -0.15) is 0 Å². The van der Waals surface area contributed by atoms with Crippen molar-refractivity contribution in [1.82, 2.24) is 0 Å². The lowest BCUT2D eigenvalue weighted by Crippen LogP contribution is -2.16. The minimum absolute atomic E-state index is 0.0850. The summed E-state index contributed by atoms with van der Waals surface area (Å²) in [6, 6.07) is 0. The molecule has 0 aliphatic carbocycles. The molecule has 0 amide bonds. The van der Waals surface area contributed by atoms with E-state index in [1.807, 2.05) is 13.8 Å². The van der Waals surface area contributed by atoms with Crippen LogP contribution in [0.1, 0.15) is 46.0 Å². The summed E-state index contributed by atoms with van der Waals surface area (Å²) in [6.45, 7) is 4.85. The predicted molar refractivity (Wildman–Crippen MR) is 99.0 cm³/mol. The lowest BCUT2D eigenvalue weighted by molar-refractivity contribution is 0.110. The summed E-state index contributed by atoms with van der Waals surface area (Å²) in [7, 11) is -3.53. The molecular formula is C12H23Br3ClO4P. The van der Waals surface area contributed by atoms with Gasteiger partial charge in [-0.1, -0.05) is 74.5 Å². The molecule has 9 heteroatoms. The van der Waals surface area contributed by atoms with Gasteiger partial charge in [0, 0.05) is 6.42 Å². The van der Waals surface area contributed by atoms with Gasteiger partial charge in [0.05, 0.1) is 25.2 Å². The Balaban J connectivity index is 4.34. The van der Waals surface area contributed by atoms with Gasteiger partial charge < -0.3 is 0 Å². The lowest BCUT2D eigenvalue weighted by Gasteiger charge is -2.21. The molecule has 1 atom stereocenters. The topological polar surface area (TPSA) is 44.8 Å². The van der Waals surface area contributed by atoms with Gasteiger partial charge in [-0.25, -0.2) is 4.57 Å². The van der Waals surface area contributed by atoms with Gasteiger partial charge in [0.15, 0.2) is 0 Å². The molecule has 0 N–H and O–H groups in total. The number of halogens is 4. The minimum Gasteiger partial charge on any atom is -0.287 e. The number of phosphoric ester groups is 1. The normalized spacial score (nSPS) is 14.4. The van der Waals surface area contributed by atoms with E-state index in [9.17, 15) is 4.57 Å². The maximum absolute atomic E-state index is 12.5. The van der Waals surface area contributed by atoms with Gasteiger partial charge in [-0.3, -0.25) is 13.6 Å². The van der Waals surface area contributed by atoms with Crippen molar-refractivity contribution in [1.29, 1.82) is 0 Å². The first-order valence-corrected chi connectivity index (χ1v) is 11.2. The van der Waals surface area contributed by atoms with Crippen molar-refractivity contribution in [3.63, 3.8) is 0 Å². The van der Waals surface area contributed by atoms with E-state index < -0.39 is 9.97 Å². The standard InChI is InChI=1S/C12H23Br3ClO4P/c1-3-5-7-18-21(17,19-8-6-4-2)20-10-11(16)9-12(13,14)15/h11H,3-10H2,1-2H3. The molecule has 0 rings (SSSR count). The number of alkyl halides is 4. The van der Waals surface area contributed by atoms with Crippen molar-refractivity contribution in [2.24, 2.45) is 0 Å². The largest absolute Gasteiger partial charge is 0.474 e. The zero-order valence-electron chi connectivity index (χ0n) is 12.3. The van der Waals surface area contributed by atoms with Crippen molar-refractivity contribution in [3.8, 4) is 0 Å². The molecule has 0 saturated heterocycles. The highest BCUT2D eigenvalue weighted by atomic mass is 80.0. The Morgan fingerprint density at radius 3 is 1.90 bits per heavy atom. The molecule has 0 radical (unpaired) electrons. The molecule has 0 aromatic rings. The highest BCUT2D eigenvalue weighted by Crippen LogP contribution is 2.50. The van der Waals surface area contributed by atoms with E-state index in [1.54, 1.807) is 0 Å². The summed E-state index contributed by atoms with van der Waals surface area (Å²) in [5.74, 6) is 0. The van der Waals surface area contributed by atoms with Crippen LogP contribution in [0, 0.1) is 0 Å². The van der Waals surface area contributed by atoms with E-state index in [0.717, 1.165) is 25.7 Å². The second-order valence-corrected chi connectivity index (χ2v) is 14.1. The molecule has 0 heterocycles. The Morgan fingerprint density at radius 2 is 1.52 bits per heavy atom. The predicted octanol–water partition coefficient (Wildman–Crippen LogP) is 6.58. The van der Waals surface area contributed by atoms with Crippen LogP contribution in [-0.4, -0.2) is 27.3 Å². The van der Waals surface area contributed by atoms with Crippen LogP contribution in [0.4, 0.5) is 0 Å². The third kappa shape index (κ3) is 13.9. The van der Waals surface area contributed by atoms with Gasteiger partial charge in [-0.05, 0) is 12.8 Å². The number of hydrogen-bond donors (Lipinski definition) is 0. The summed E-state index contributed by atoms with van der Waals surface area (Å²) in [4.78, 5) is 0. The molecule has 128 valence electrons. The smallest absolute Gasteiger partial charge is 0.287 e. The molecule has 0 aliphatic heterocycles. The number of unbranched alkanes of at least 4 members (excludes halogenated alkanes) is 2. The third-order valence-electron chi connectivity index (χ3n) is 2.36. The Labute approximate surface area is 158 Å². The molecular weight excluding hydrogens is 514 g/mol. The fraction of sp³-hybridized carbons (Fsp3) is 1.00. The second-order valence-electron chi connectivity index (χ2n) is 4.53. The zero-order valence-corrected chi connectivity index (χ0v) is 18.7. The van der Waals surface area contributed by atoms with Crippen LogP contribution in [0.15, 0.2) is 0 Å². The van der Waals surface area contributed by atoms with Crippen LogP contribution >= 0.6 is 67.2 Å². The van der Waals surface area contributed by atoms with Crippen molar-refractivity contribution in [3.05, 3.63) is 0 Å². The summed E-state index contributed by atoms with van der Waals surface area (Å²) < 4.78 is 28.0. The van der Waals surface area contributed by atoms with E-state index in [-0.39, 0.29) is 12.0 Å². The highest BCUT2D eigenvalue weighted by Gasteiger charge is 2.30. The Bertz CT molecular complexity index is 301. The van der Waals surface area contributed by atoms with Crippen LogP contribution in [-0.2, 0) is 18.1 Å². The lowest BCUT2D eigenvalue weighted by atomic mass is 10.3. The number of phosphoric acid groups is 1. The monoisotopic (exact) mass is 534 g/mol. The first-order chi connectivity index (χ1) is 9.72. The van der Waals surface area contributed by atoms with Gasteiger partial charge in [-0.15, -0.1) is 11.6 Å². The van der Waals surface area contributed by atoms with Crippen molar-refractivity contribution in [2.75, 3.05) is 19.8 Å². The summed E-state index contributed by atoms with van der Waals surface area (Å²) in [5, 5.41) is -0.346. The van der Waals surface area contributed by atoms with Crippen LogP contribution in [0.5, 0.6) is 0 Å². The van der Waals surface area contributed by atoms with Crippen LogP contribution in [0.2, 0.25) is 0 Å². The Morgan fingerprint density at radius 1 is 1.05 bits per heavy atom. The fourth-order valence-electron chi connectivity index (χ4n) is 1.24. The molecule has 4 nitrogen and oxygen atoms in total. The molecule has 0 saturated carbocycles. The van der Waals surface area contributed by atoms with E-state index in [1.165, 1.54) is 0 Å². The van der Waals surface area contributed by atoms with Gasteiger partial charge >= 0.3 is 7.82 Å². The first kappa shape index (κ1) is 22.8. The first-order valence-electron chi connectivity index (χ1n) is 6.97. The summed E-state index contributed by atoms with van der Waals surface area (Å²) in [6.07, 6.45) is 4.04. The summed E-state index contributed by atoms with van der Waals surface area (Å²) in [5.41, 5.74) is 0. The number of rotatable bonds is 12. The molecule has 0 bridgehead atoms. The van der Waals surface area contributed by atoms with Crippen LogP contribution in [0.3, 0.4) is 0 Å². The van der Waals surface area contributed by atoms with Crippen molar-refractivity contribution >= 4 is 67.2 Å². The summed E-state index contributed by atoms with van der Waals surface area (Å²) >= 11 is 16.2. The number of hydrogen-bond acceptors (Lipinski definition) is 4. The van der Waals surface area contributed by atoms with E-state index in [2.05, 4.69) is 47.8 Å². The molecule has 1 unspecified atom stereocenters. The van der Waals surface area contributed by atoms with Gasteiger partial charge in [0.1, 0.15) is 2.14 Å². The fourth-order valence-corrected chi connectivity index (χ4v) is 4.64. The zero-order chi connectivity index (χ0) is 16.4. The average molecular weight is 537 g/mol. The van der Waals surface area contributed by atoms with E-state index >= 15 is 0 Å².